The maximum atomic E-state index is 12.6. The van der Waals surface area contributed by atoms with Gasteiger partial charge in [0, 0.05) is 27.6 Å². The Labute approximate surface area is 204 Å². The first kappa shape index (κ1) is 22.1. The Morgan fingerprint density at radius 2 is 1.74 bits per heavy atom. The van der Waals surface area contributed by atoms with Gasteiger partial charge in [0.2, 0.25) is 0 Å². The van der Waals surface area contributed by atoms with Gasteiger partial charge >= 0.3 is 6.09 Å². The Morgan fingerprint density at radius 3 is 2.51 bits per heavy atom. The predicted octanol–water partition coefficient (Wildman–Crippen LogP) is 6.26. The van der Waals surface area contributed by atoms with Gasteiger partial charge in [-0.05, 0) is 78.3 Å². The summed E-state index contributed by atoms with van der Waals surface area (Å²) in [7, 11) is 0. The standard InChI is InChI=1S/C27H18N4O3S/c32-26(18-6-10-22(11-7-18)29-27(33)34-23-4-2-1-3-5-23)15-13-21-12-8-19-16-20(9-14-24(19)28-21)25-17-35-31-30-25/h1-17H,(H,29,33)/b15-13+. The largest absolute Gasteiger partial charge is 0.417 e. The van der Waals surface area contributed by atoms with Crippen LogP contribution in [0.1, 0.15) is 16.1 Å². The van der Waals surface area contributed by atoms with Gasteiger partial charge in [0.25, 0.3) is 0 Å². The van der Waals surface area contributed by atoms with Gasteiger partial charge in [-0.25, -0.2) is 9.78 Å². The summed E-state index contributed by atoms with van der Waals surface area (Å²) in [6.45, 7) is 0. The molecule has 0 bridgehead atoms. The maximum Gasteiger partial charge on any atom is 0.417 e. The lowest BCUT2D eigenvalue weighted by molar-refractivity contribution is 0.104. The Hall–Kier alpha value is -4.69. The maximum absolute atomic E-state index is 12.6. The van der Waals surface area contributed by atoms with E-state index in [-0.39, 0.29) is 5.78 Å². The number of nitrogens with zero attached hydrogens (tertiary/aromatic N) is 3. The number of carbonyl (C=O) groups excluding carboxylic acids is 2. The van der Waals surface area contributed by atoms with Crippen LogP contribution in [-0.2, 0) is 0 Å². The van der Waals surface area contributed by atoms with E-state index in [1.165, 1.54) is 17.6 Å². The molecule has 0 aliphatic heterocycles. The molecular weight excluding hydrogens is 460 g/mol. The number of allylic oxidation sites excluding steroid dienone is 1. The van der Waals surface area contributed by atoms with Crippen molar-refractivity contribution >= 4 is 46.1 Å². The van der Waals surface area contributed by atoms with E-state index >= 15 is 0 Å². The topological polar surface area (TPSA) is 94.1 Å². The molecule has 7 nitrogen and oxygen atoms in total. The average molecular weight is 479 g/mol. The van der Waals surface area contributed by atoms with Crippen LogP contribution in [0.3, 0.4) is 0 Å². The summed E-state index contributed by atoms with van der Waals surface area (Å²) in [6, 6.07) is 25.1. The Bertz CT molecular complexity index is 1520. The van der Waals surface area contributed by atoms with Crippen LogP contribution in [0.25, 0.3) is 28.2 Å². The number of nitrogens with one attached hydrogen (secondary N) is 1. The molecule has 3 aromatic carbocycles. The number of hydrogen-bond donors (Lipinski definition) is 1. The lowest BCUT2D eigenvalue weighted by Crippen LogP contribution is -2.16. The van der Waals surface area contributed by atoms with Crippen molar-refractivity contribution in [3.63, 3.8) is 0 Å². The third-order valence-electron chi connectivity index (χ3n) is 5.14. The zero-order valence-corrected chi connectivity index (χ0v) is 19.1. The van der Waals surface area contributed by atoms with Crippen molar-refractivity contribution < 1.29 is 14.3 Å². The quantitative estimate of drug-likeness (QED) is 0.229. The molecule has 8 heteroatoms. The summed E-state index contributed by atoms with van der Waals surface area (Å²) in [5.74, 6) is 0.276. The molecule has 0 fully saturated rings. The van der Waals surface area contributed by atoms with Crippen molar-refractivity contribution in [3.05, 3.63) is 108 Å². The summed E-state index contributed by atoms with van der Waals surface area (Å²) in [5, 5.41) is 9.61. The molecule has 0 saturated heterocycles. The van der Waals surface area contributed by atoms with Gasteiger partial charge in [-0.2, -0.15) is 0 Å². The summed E-state index contributed by atoms with van der Waals surface area (Å²) >= 11 is 1.31. The molecule has 0 atom stereocenters. The molecule has 0 unspecified atom stereocenters. The summed E-state index contributed by atoms with van der Waals surface area (Å²) < 4.78 is 9.10. The number of carbonyl (C=O) groups is 2. The number of fused-ring (bicyclic) bond motifs is 1. The van der Waals surface area contributed by atoms with E-state index < -0.39 is 6.09 Å². The molecular formula is C27H18N4O3S. The number of benzene rings is 3. The molecule has 1 N–H and O–H groups in total. The molecule has 0 aliphatic rings. The van der Waals surface area contributed by atoms with Crippen LogP contribution in [0.5, 0.6) is 5.75 Å². The number of rotatable bonds is 6. The van der Waals surface area contributed by atoms with Crippen LogP contribution in [-0.4, -0.2) is 26.4 Å². The first-order valence-electron chi connectivity index (χ1n) is 10.7. The van der Waals surface area contributed by atoms with Crippen LogP contribution in [0, 0.1) is 0 Å². The van der Waals surface area contributed by atoms with E-state index in [9.17, 15) is 9.59 Å². The lowest BCUT2D eigenvalue weighted by Gasteiger charge is -2.07. The number of hydrogen-bond acceptors (Lipinski definition) is 7. The molecule has 1 amide bonds. The number of amides is 1. The van der Waals surface area contributed by atoms with Crippen molar-refractivity contribution in [2.24, 2.45) is 0 Å². The molecule has 0 spiro atoms. The van der Waals surface area contributed by atoms with Gasteiger partial charge in [0.05, 0.1) is 11.2 Å². The molecule has 0 radical (unpaired) electrons. The van der Waals surface area contributed by atoms with E-state index in [2.05, 4.69) is 19.9 Å². The van der Waals surface area contributed by atoms with Gasteiger partial charge < -0.3 is 4.74 Å². The predicted molar refractivity (Wildman–Crippen MR) is 137 cm³/mol. The highest BCUT2D eigenvalue weighted by Crippen LogP contribution is 2.23. The number of para-hydroxylation sites is 1. The van der Waals surface area contributed by atoms with E-state index in [0.29, 0.717) is 22.7 Å². The molecule has 5 rings (SSSR count). The van der Waals surface area contributed by atoms with Gasteiger partial charge in [-0.15, -0.1) is 5.10 Å². The monoisotopic (exact) mass is 478 g/mol. The lowest BCUT2D eigenvalue weighted by atomic mass is 10.1. The molecule has 5 aromatic rings. The SMILES string of the molecule is O=C(Nc1ccc(C(=O)/C=C/c2ccc3cc(-c4csnn4)ccc3n2)cc1)Oc1ccccc1. The van der Waals surface area contributed by atoms with Crippen LogP contribution in [0.15, 0.2) is 96.4 Å². The second-order valence-electron chi connectivity index (χ2n) is 7.54. The third-order valence-corrected chi connectivity index (χ3v) is 5.65. The molecule has 170 valence electrons. The summed E-state index contributed by atoms with van der Waals surface area (Å²) in [4.78, 5) is 29.2. The highest BCUT2D eigenvalue weighted by atomic mass is 32.1. The minimum Gasteiger partial charge on any atom is -0.410 e. The van der Waals surface area contributed by atoms with Gasteiger partial charge in [-0.1, -0.05) is 34.8 Å². The normalized spacial score (nSPS) is 11.0. The Kier molecular flexibility index (Phi) is 6.36. The number of ether oxygens (including phenoxy) is 1. The van der Waals surface area contributed by atoms with E-state index in [4.69, 9.17) is 4.74 Å². The minimum absolute atomic E-state index is 0.170. The van der Waals surface area contributed by atoms with E-state index in [1.807, 2.05) is 41.8 Å². The van der Waals surface area contributed by atoms with Crippen LogP contribution < -0.4 is 10.1 Å². The highest BCUT2D eigenvalue weighted by Gasteiger charge is 2.07. The van der Waals surface area contributed by atoms with Crippen molar-refractivity contribution in [2.75, 3.05) is 5.32 Å². The average Bonchev–Trinajstić information content (AvgIpc) is 3.43. The zero-order chi connectivity index (χ0) is 24.0. The van der Waals surface area contributed by atoms with E-state index in [0.717, 1.165) is 22.2 Å². The fourth-order valence-electron chi connectivity index (χ4n) is 3.40. The summed E-state index contributed by atoms with van der Waals surface area (Å²) in [6.07, 6.45) is 2.56. The molecule has 2 aromatic heterocycles. The van der Waals surface area contributed by atoms with Crippen molar-refractivity contribution in [3.8, 4) is 17.0 Å². The van der Waals surface area contributed by atoms with Crippen LogP contribution in [0.2, 0.25) is 0 Å². The number of ketones is 1. The van der Waals surface area contributed by atoms with E-state index in [1.54, 1.807) is 54.6 Å². The second-order valence-corrected chi connectivity index (χ2v) is 8.15. The Morgan fingerprint density at radius 1 is 0.914 bits per heavy atom. The van der Waals surface area contributed by atoms with Crippen molar-refractivity contribution in [1.82, 2.24) is 14.6 Å². The third kappa shape index (κ3) is 5.45. The zero-order valence-electron chi connectivity index (χ0n) is 18.3. The van der Waals surface area contributed by atoms with Gasteiger partial charge in [0.15, 0.2) is 5.78 Å². The minimum atomic E-state index is -0.604. The van der Waals surface area contributed by atoms with Crippen molar-refractivity contribution in [1.29, 1.82) is 0 Å². The van der Waals surface area contributed by atoms with Gasteiger partial charge in [-0.3, -0.25) is 10.1 Å². The highest BCUT2D eigenvalue weighted by molar-refractivity contribution is 7.03. The number of aromatic nitrogens is 3. The number of anilines is 1. The fourth-order valence-corrected chi connectivity index (χ4v) is 3.86. The molecule has 0 saturated carbocycles. The molecule has 35 heavy (non-hydrogen) atoms. The van der Waals surface area contributed by atoms with Crippen LogP contribution >= 0.6 is 11.5 Å². The number of pyridine rings is 1. The first-order chi connectivity index (χ1) is 17.1. The Balaban J connectivity index is 1.22. The summed E-state index contributed by atoms with van der Waals surface area (Å²) in [5.41, 5.74) is 4.33. The van der Waals surface area contributed by atoms with Gasteiger partial charge in [0.1, 0.15) is 11.4 Å². The van der Waals surface area contributed by atoms with Crippen LogP contribution in [0.4, 0.5) is 10.5 Å². The molecule has 2 heterocycles. The fraction of sp³-hybridized carbons (Fsp3) is 0. The second kappa shape index (κ2) is 10.1. The van der Waals surface area contributed by atoms with Crippen molar-refractivity contribution in [2.45, 2.75) is 0 Å². The smallest absolute Gasteiger partial charge is 0.410 e. The molecule has 0 aliphatic carbocycles. The first-order valence-corrected chi connectivity index (χ1v) is 11.5.